The molecule has 0 aliphatic carbocycles. The summed E-state index contributed by atoms with van der Waals surface area (Å²) in [5.41, 5.74) is 9.88. The molecule has 0 unspecified atom stereocenters. The predicted molar refractivity (Wildman–Crippen MR) is 119 cm³/mol. The number of nitrogen functional groups attached to an aromatic ring is 1. The van der Waals surface area contributed by atoms with Crippen LogP contribution in [-0.4, -0.2) is 49.6 Å². The van der Waals surface area contributed by atoms with E-state index >= 15 is 0 Å². The maximum atomic E-state index is 9.44. The number of nitrogens with two attached hydrogens (primary N) is 1. The lowest BCUT2D eigenvalue weighted by Crippen LogP contribution is -2.13. The van der Waals surface area contributed by atoms with E-state index in [1.807, 2.05) is 36.4 Å². The first-order valence-corrected chi connectivity index (χ1v) is 10.0. The van der Waals surface area contributed by atoms with Gasteiger partial charge in [0.05, 0.1) is 16.6 Å². The monoisotopic (exact) mass is 413 g/mol. The highest BCUT2D eigenvalue weighted by Crippen LogP contribution is 2.36. The van der Waals surface area contributed by atoms with E-state index in [1.165, 1.54) is 0 Å². The number of unbranched alkanes of at least 4 members (excludes halogenated alkanes) is 1. The van der Waals surface area contributed by atoms with E-state index in [4.69, 9.17) is 10.7 Å². The van der Waals surface area contributed by atoms with Crippen molar-refractivity contribution in [1.82, 2.24) is 29.0 Å². The number of para-hydroxylation sites is 2. The van der Waals surface area contributed by atoms with Crippen molar-refractivity contribution in [1.29, 1.82) is 10.5 Å². The molecule has 4 aromatic rings. The molecule has 0 saturated carbocycles. The maximum absolute atomic E-state index is 9.44. The SMILES string of the molecule is CN(C)CCCCn1c(-c2c(N)n(C)c3nc(C#N)c(C#N)nc23)nc2ccccc21. The standard InChI is InChI=1S/C22H23N9/c1-29(2)10-6-7-11-31-17-9-5-4-8-14(17)27-21(31)18-19-22(30(3)20(18)25)28-16(13-24)15(12-23)26-19/h4-5,8-9H,6-7,10-11,25H2,1-3H3. The summed E-state index contributed by atoms with van der Waals surface area (Å²) >= 11 is 0. The molecule has 31 heavy (non-hydrogen) atoms. The Labute approximate surface area is 180 Å². The molecule has 0 fully saturated rings. The van der Waals surface area contributed by atoms with Crippen LogP contribution < -0.4 is 5.73 Å². The summed E-state index contributed by atoms with van der Waals surface area (Å²) in [5, 5.41) is 18.8. The number of fused-ring (bicyclic) bond motifs is 2. The molecule has 2 N–H and O–H groups in total. The molecule has 0 aliphatic rings. The Balaban J connectivity index is 1.93. The fourth-order valence-electron chi connectivity index (χ4n) is 3.80. The lowest BCUT2D eigenvalue weighted by Gasteiger charge is -2.12. The number of aryl methyl sites for hydroxylation is 2. The van der Waals surface area contributed by atoms with Crippen LogP contribution in [0.3, 0.4) is 0 Å². The molecular weight excluding hydrogens is 390 g/mol. The van der Waals surface area contributed by atoms with Crippen molar-refractivity contribution in [3.63, 3.8) is 0 Å². The lowest BCUT2D eigenvalue weighted by molar-refractivity contribution is 0.388. The fourth-order valence-corrected chi connectivity index (χ4v) is 3.80. The Kier molecular flexibility index (Phi) is 5.28. The average molecular weight is 413 g/mol. The summed E-state index contributed by atoms with van der Waals surface area (Å²) in [5.74, 6) is 1.14. The summed E-state index contributed by atoms with van der Waals surface area (Å²) in [6, 6.07) is 11.8. The summed E-state index contributed by atoms with van der Waals surface area (Å²) in [6.07, 6.45) is 2.03. The zero-order chi connectivity index (χ0) is 22.1. The summed E-state index contributed by atoms with van der Waals surface area (Å²) in [7, 11) is 5.90. The Hall–Kier alpha value is -3.95. The van der Waals surface area contributed by atoms with Gasteiger partial charge in [-0.05, 0) is 45.6 Å². The van der Waals surface area contributed by atoms with Crippen LogP contribution in [0.15, 0.2) is 24.3 Å². The van der Waals surface area contributed by atoms with Crippen LogP contribution in [0.1, 0.15) is 24.2 Å². The molecule has 0 spiro atoms. The first-order valence-electron chi connectivity index (χ1n) is 10.0. The van der Waals surface area contributed by atoms with Gasteiger partial charge < -0.3 is 19.8 Å². The minimum absolute atomic E-state index is 0.0145. The number of hydrogen-bond acceptors (Lipinski definition) is 7. The van der Waals surface area contributed by atoms with Crippen molar-refractivity contribution in [2.45, 2.75) is 19.4 Å². The van der Waals surface area contributed by atoms with E-state index < -0.39 is 0 Å². The number of hydrogen-bond donors (Lipinski definition) is 1. The molecule has 9 heteroatoms. The lowest BCUT2D eigenvalue weighted by atomic mass is 10.2. The van der Waals surface area contributed by atoms with Crippen LogP contribution in [0.4, 0.5) is 5.82 Å². The van der Waals surface area contributed by atoms with Gasteiger partial charge in [0.15, 0.2) is 17.0 Å². The molecule has 3 aromatic heterocycles. The molecule has 0 radical (unpaired) electrons. The third-order valence-electron chi connectivity index (χ3n) is 5.38. The molecule has 0 bridgehead atoms. The van der Waals surface area contributed by atoms with E-state index in [9.17, 15) is 10.5 Å². The Morgan fingerprint density at radius 2 is 1.74 bits per heavy atom. The number of anilines is 1. The van der Waals surface area contributed by atoms with Crippen molar-refractivity contribution in [2.24, 2.45) is 7.05 Å². The number of benzene rings is 1. The zero-order valence-corrected chi connectivity index (χ0v) is 17.8. The average Bonchev–Trinajstić information content (AvgIpc) is 3.24. The highest BCUT2D eigenvalue weighted by molar-refractivity contribution is 5.99. The van der Waals surface area contributed by atoms with Gasteiger partial charge in [0.25, 0.3) is 0 Å². The number of aromatic nitrogens is 5. The van der Waals surface area contributed by atoms with Crippen LogP contribution in [0, 0.1) is 22.7 Å². The maximum Gasteiger partial charge on any atom is 0.179 e. The van der Waals surface area contributed by atoms with Gasteiger partial charge in [0, 0.05) is 13.6 Å². The van der Waals surface area contributed by atoms with Gasteiger partial charge in [-0.2, -0.15) is 10.5 Å². The Morgan fingerprint density at radius 3 is 2.45 bits per heavy atom. The van der Waals surface area contributed by atoms with E-state index in [-0.39, 0.29) is 11.4 Å². The molecule has 1 aromatic carbocycles. The quantitative estimate of drug-likeness (QED) is 0.482. The topological polar surface area (TPSA) is 125 Å². The van der Waals surface area contributed by atoms with Crippen molar-refractivity contribution in [3.8, 4) is 23.5 Å². The van der Waals surface area contributed by atoms with Crippen LogP contribution in [0.25, 0.3) is 33.6 Å². The predicted octanol–water partition coefficient (Wildman–Crippen LogP) is 2.65. The first-order chi connectivity index (χ1) is 15.0. The Morgan fingerprint density at radius 1 is 1.03 bits per heavy atom. The van der Waals surface area contributed by atoms with Crippen molar-refractivity contribution < 1.29 is 0 Å². The smallest absolute Gasteiger partial charge is 0.179 e. The first kappa shape index (κ1) is 20.3. The summed E-state index contributed by atoms with van der Waals surface area (Å²) in [4.78, 5) is 15.8. The molecular formula is C22H23N9. The normalized spacial score (nSPS) is 11.3. The van der Waals surface area contributed by atoms with Crippen LogP contribution in [-0.2, 0) is 13.6 Å². The third kappa shape index (κ3) is 3.45. The van der Waals surface area contributed by atoms with Gasteiger partial charge in [-0.1, -0.05) is 12.1 Å². The minimum Gasteiger partial charge on any atom is -0.384 e. The van der Waals surface area contributed by atoms with Crippen molar-refractivity contribution in [3.05, 3.63) is 35.7 Å². The number of nitrogens with zero attached hydrogens (tertiary/aromatic N) is 8. The van der Waals surface area contributed by atoms with Gasteiger partial charge >= 0.3 is 0 Å². The minimum atomic E-state index is -0.0181. The molecule has 156 valence electrons. The molecule has 9 nitrogen and oxygen atoms in total. The van der Waals surface area contributed by atoms with E-state index in [0.717, 1.165) is 37.0 Å². The second kappa shape index (κ2) is 8.05. The third-order valence-corrected chi connectivity index (χ3v) is 5.38. The number of rotatable bonds is 6. The van der Waals surface area contributed by atoms with Crippen molar-refractivity contribution >= 4 is 28.0 Å². The van der Waals surface area contributed by atoms with Gasteiger partial charge in [-0.3, -0.25) is 0 Å². The van der Waals surface area contributed by atoms with Gasteiger partial charge in [0.2, 0.25) is 0 Å². The molecule has 0 saturated heterocycles. The van der Waals surface area contributed by atoms with Crippen LogP contribution >= 0.6 is 0 Å². The molecule has 0 atom stereocenters. The van der Waals surface area contributed by atoms with Crippen molar-refractivity contribution in [2.75, 3.05) is 26.4 Å². The van der Waals surface area contributed by atoms with E-state index in [2.05, 4.69) is 33.5 Å². The van der Waals surface area contributed by atoms with Gasteiger partial charge in [-0.25, -0.2) is 15.0 Å². The highest BCUT2D eigenvalue weighted by atomic mass is 15.1. The van der Waals surface area contributed by atoms with E-state index in [1.54, 1.807) is 11.6 Å². The van der Waals surface area contributed by atoms with Gasteiger partial charge in [0.1, 0.15) is 29.3 Å². The van der Waals surface area contributed by atoms with Gasteiger partial charge in [-0.15, -0.1) is 0 Å². The zero-order valence-electron chi connectivity index (χ0n) is 17.8. The molecule has 4 rings (SSSR count). The fraction of sp³-hybridized carbons (Fsp3) is 0.318. The van der Waals surface area contributed by atoms with Crippen LogP contribution in [0.2, 0.25) is 0 Å². The summed E-state index contributed by atoms with van der Waals surface area (Å²) in [6.45, 7) is 1.78. The molecule has 0 amide bonds. The van der Waals surface area contributed by atoms with Crippen LogP contribution in [0.5, 0.6) is 0 Å². The second-order valence-electron chi connectivity index (χ2n) is 7.72. The van der Waals surface area contributed by atoms with E-state index in [0.29, 0.717) is 28.4 Å². The molecule has 3 heterocycles. The molecule has 0 aliphatic heterocycles. The highest BCUT2D eigenvalue weighted by Gasteiger charge is 2.24. The number of imidazole rings is 1. The largest absolute Gasteiger partial charge is 0.384 e. The Bertz CT molecular complexity index is 1360. The number of nitriles is 2. The second-order valence-corrected chi connectivity index (χ2v) is 7.72. The summed E-state index contributed by atoms with van der Waals surface area (Å²) < 4.78 is 3.84.